The summed E-state index contributed by atoms with van der Waals surface area (Å²) < 4.78 is 0. The Morgan fingerprint density at radius 3 is 2.47 bits per heavy atom. The first kappa shape index (κ1) is 22.4. The van der Waals surface area contributed by atoms with Crippen molar-refractivity contribution in [2.75, 3.05) is 0 Å². The Labute approximate surface area is 187 Å². The van der Waals surface area contributed by atoms with Gasteiger partial charge in [0.2, 0.25) is 0 Å². The summed E-state index contributed by atoms with van der Waals surface area (Å²) in [7, 11) is 0. The molecule has 0 radical (unpaired) electrons. The van der Waals surface area contributed by atoms with Crippen LogP contribution < -0.4 is 0 Å². The minimum absolute atomic E-state index is 0.326. The fraction of sp³-hybridized carbons (Fsp3) is 0.333. The summed E-state index contributed by atoms with van der Waals surface area (Å²) >= 11 is 13.2. The highest BCUT2D eigenvalue weighted by Gasteiger charge is 2.26. The molecule has 6 heteroatoms. The topological polar surface area (TPSA) is 66.0 Å². The molecule has 3 rings (SSSR count). The van der Waals surface area contributed by atoms with E-state index in [2.05, 4.69) is 11.9 Å². The lowest BCUT2D eigenvalue weighted by Gasteiger charge is -2.15. The summed E-state index contributed by atoms with van der Waals surface area (Å²) in [5, 5.41) is 9.87. The largest absolute Gasteiger partial charge is 0.481 e. The average Bonchev–Trinajstić information content (AvgIpc) is 3.15. The van der Waals surface area contributed by atoms with Crippen LogP contribution in [0.5, 0.6) is 0 Å². The Morgan fingerprint density at radius 1 is 1.10 bits per heavy atom. The van der Waals surface area contributed by atoms with Crippen molar-refractivity contribution in [1.29, 1.82) is 0 Å². The van der Waals surface area contributed by atoms with E-state index in [-0.39, 0.29) is 0 Å². The highest BCUT2D eigenvalue weighted by Crippen LogP contribution is 2.35. The van der Waals surface area contributed by atoms with Crippen molar-refractivity contribution < 1.29 is 9.90 Å². The van der Waals surface area contributed by atoms with Crippen molar-refractivity contribution in [1.82, 2.24) is 9.97 Å². The predicted molar refractivity (Wildman–Crippen MR) is 121 cm³/mol. The molecule has 0 amide bonds. The van der Waals surface area contributed by atoms with Crippen LogP contribution in [-0.4, -0.2) is 21.0 Å². The smallest absolute Gasteiger partial charge is 0.307 e. The molecule has 0 fully saturated rings. The minimum Gasteiger partial charge on any atom is -0.481 e. The van der Waals surface area contributed by atoms with E-state index in [4.69, 9.17) is 28.2 Å². The van der Waals surface area contributed by atoms with Gasteiger partial charge in [0, 0.05) is 23.6 Å². The number of carboxylic acid groups (broad SMARTS) is 1. The maximum atomic E-state index is 12.0. The van der Waals surface area contributed by atoms with Crippen molar-refractivity contribution in [2.24, 2.45) is 5.92 Å². The van der Waals surface area contributed by atoms with Gasteiger partial charge in [-0.3, -0.25) is 4.79 Å². The van der Waals surface area contributed by atoms with Crippen LogP contribution >= 0.6 is 23.2 Å². The quantitative estimate of drug-likeness (QED) is 0.364. The lowest BCUT2D eigenvalue weighted by atomic mass is 9.93. The Kier molecular flexibility index (Phi) is 7.94. The Morgan fingerprint density at radius 2 is 1.80 bits per heavy atom. The molecule has 158 valence electrons. The number of aromatic amines is 1. The van der Waals surface area contributed by atoms with Gasteiger partial charge in [0.1, 0.15) is 11.2 Å². The van der Waals surface area contributed by atoms with E-state index in [0.717, 1.165) is 41.9 Å². The number of imidazole rings is 1. The standard InChI is InChI=1S/C24H26Cl2N2O2/c1-2-3-13-21-27-20(15-17(24(29)30)14-16-9-5-4-6-10-16)23(28-21)22(26)18-11-7-8-12-19(18)25/h4-12,17,22H,2-3,13-15H2,1H3,(H,27,28)(H,29,30). The molecular formula is C24H26Cl2N2O2. The van der Waals surface area contributed by atoms with Gasteiger partial charge >= 0.3 is 5.97 Å². The molecule has 2 aromatic carbocycles. The van der Waals surface area contributed by atoms with Gasteiger partial charge in [-0.15, -0.1) is 11.6 Å². The first-order chi connectivity index (χ1) is 14.5. The zero-order valence-corrected chi connectivity index (χ0v) is 18.5. The average molecular weight is 445 g/mol. The van der Waals surface area contributed by atoms with Crippen LogP contribution in [0.1, 0.15) is 53.5 Å². The molecule has 1 aromatic heterocycles. The molecule has 0 saturated heterocycles. The van der Waals surface area contributed by atoms with Gasteiger partial charge in [-0.2, -0.15) is 0 Å². The summed E-state index contributed by atoms with van der Waals surface area (Å²) in [5.41, 5.74) is 3.19. The number of carbonyl (C=O) groups is 1. The molecule has 3 aromatic rings. The number of carboxylic acids is 1. The number of halogens is 2. The van der Waals surface area contributed by atoms with Gasteiger partial charge in [0.05, 0.1) is 11.6 Å². The number of hydrogen-bond donors (Lipinski definition) is 2. The second-order valence-electron chi connectivity index (χ2n) is 7.46. The molecule has 4 nitrogen and oxygen atoms in total. The van der Waals surface area contributed by atoms with E-state index < -0.39 is 17.3 Å². The van der Waals surface area contributed by atoms with E-state index in [1.807, 2.05) is 48.5 Å². The highest BCUT2D eigenvalue weighted by atomic mass is 35.5. The molecule has 0 spiro atoms. The van der Waals surface area contributed by atoms with Crippen LogP contribution in [0.4, 0.5) is 0 Å². The molecule has 0 saturated carbocycles. The molecular weight excluding hydrogens is 419 g/mol. The Bertz CT molecular complexity index is 972. The summed E-state index contributed by atoms with van der Waals surface area (Å²) in [6.45, 7) is 2.12. The monoisotopic (exact) mass is 444 g/mol. The van der Waals surface area contributed by atoms with Gasteiger partial charge in [0.25, 0.3) is 0 Å². The van der Waals surface area contributed by atoms with Crippen molar-refractivity contribution in [3.63, 3.8) is 0 Å². The Balaban J connectivity index is 1.92. The van der Waals surface area contributed by atoms with Gasteiger partial charge < -0.3 is 10.1 Å². The lowest BCUT2D eigenvalue weighted by Crippen LogP contribution is -2.20. The van der Waals surface area contributed by atoms with Crippen molar-refractivity contribution in [2.45, 2.75) is 44.4 Å². The number of aryl methyl sites for hydroxylation is 1. The van der Waals surface area contributed by atoms with Crippen molar-refractivity contribution in [3.05, 3.63) is 88.0 Å². The molecule has 1 heterocycles. The summed E-state index contributed by atoms with van der Waals surface area (Å²) in [4.78, 5) is 20.1. The normalized spacial score (nSPS) is 13.2. The van der Waals surface area contributed by atoms with E-state index >= 15 is 0 Å². The molecule has 0 aliphatic rings. The summed E-state index contributed by atoms with van der Waals surface area (Å²) in [6.07, 6.45) is 3.61. The first-order valence-corrected chi connectivity index (χ1v) is 11.0. The van der Waals surface area contributed by atoms with Crippen molar-refractivity contribution in [3.8, 4) is 0 Å². The van der Waals surface area contributed by atoms with E-state index in [1.54, 1.807) is 6.07 Å². The third-order valence-electron chi connectivity index (χ3n) is 5.17. The molecule has 0 aliphatic carbocycles. The SMILES string of the molecule is CCCCc1nc(C(Cl)c2ccccc2Cl)c(CC(Cc2ccccc2)C(=O)O)[nH]1. The number of rotatable bonds is 10. The highest BCUT2D eigenvalue weighted by molar-refractivity contribution is 6.33. The third-order valence-corrected chi connectivity index (χ3v) is 5.96. The number of aliphatic carboxylic acids is 1. The first-order valence-electron chi connectivity index (χ1n) is 10.2. The second kappa shape index (κ2) is 10.6. The maximum Gasteiger partial charge on any atom is 0.307 e. The molecule has 30 heavy (non-hydrogen) atoms. The lowest BCUT2D eigenvalue weighted by molar-refractivity contribution is -0.141. The van der Waals surface area contributed by atoms with E-state index in [9.17, 15) is 9.90 Å². The molecule has 0 bridgehead atoms. The van der Waals surface area contributed by atoms with E-state index in [0.29, 0.717) is 23.6 Å². The Hall–Kier alpha value is -2.30. The number of nitrogens with zero attached hydrogens (tertiary/aromatic N) is 1. The van der Waals surface area contributed by atoms with Crippen LogP contribution in [0.3, 0.4) is 0 Å². The fourth-order valence-corrected chi connectivity index (χ4v) is 4.20. The van der Waals surface area contributed by atoms with Crippen LogP contribution in [0.15, 0.2) is 54.6 Å². The third kappa shape index (κ3) is 5.65. The minimum atomic E-state index is -0.835. The van der Waals surface area contributed by atoms with Crippen molar-refractivity contribution >= 4 is 29.2 Å². The van der Waals surface area contributed by atoms with E-state index in [1.165, 1.54) is 0 Å². The zero-order chi connectivity index (χ0) is 21.5. The number of unbranched alkanes of at least 4 members (excludes halogenated alkanes) is 1. The molecule has 2 atom stereocenters. The number of aromatic nitrogens is 2. The summed E-state index contributed by atoms with van der Waals surface area (Å²) in [6, 6.07) is 17.1. The number of H-pyrrole nitrogens is 1. The number of benzene rings is 2. The van der Waals surface area contributed by atoms with Crippen LogP contribution in [0.2, 0.25) is 5.02 Å². The van der Waals surface area contributed by atoms with Gasteiger partial charge in [0.15, 0.2) is 0 Å². The number of hydrogen-bond acceptors (Lipinski definition) is 2. The number of alkyl halides is 1. The summed E-state index contributed by atoms with van der Waals surface area (Å²) in [5.74, 6) is -0.581. The molecule has 2 N–H and O–H groups in total. The zero-order valence-electron chi connectivity index (χ0n) is 16.9. The van der Waals surface area contributed by atoms with Crippen LogP contribution in [-0.2, 0) is 24.1 Å². The van der Waals surface area contributed by atoms with Crippen LogP contribution in [0, 0.1) is 5.92 Å². The number of nitrogens with one attached hydrogen (secondary N) is 1. The van der Waals surface area contributed by atoms with Crippen LogP contribution in [0.25, 0.3) is 0 Å². The van der Waals surface area contributed by atoms with Gasteiger partial charge in [-0.25, -0.2) is 4.98 Å². The predicted octanol–water partition coefficient (Wildman–Crippen LogP) is 6.22. The molecule has 0 aliphatic heterocycles. The van der Waals surface area contributed by atoms with Gasteiger partial charge in [-0.05, 0) is 30.0 Å². The maximum absolute atomic E-state index is 12.0. The molecule has 2 unspecified atom stereocenters. The van der Waals surface area contributed by atoms with Gasteiger partial charge in [-0.1, -0.05) is 73.5 Å². The fourth-order valence-electron chi connectivity index (χ4n) is 3.53. The second-order valence-corrected chi connectivity index (χ2v) is 8.31.